The number of hydrogen-bond acceptors (Lipinski definition) is 3. The van der Waals surface area contributed by atoms with Gasteiger partial charge in [-0.2, -0.15) is 0 Å². The highest BCUT2D eigenvalue weighted by Crippen LogP contribution is 2.34. The summed E-state index contributed by atoms with van der Waals surface area (Å²) in [6.45, 7) is 1.74. The molecule has 5 heteroatoms. The van der Waals surface area contributed by atoms with Gasteiger partial charge in [0.05, 0.1) is 6.61 Å². The Hall–Kier alpha value is -1.46. The van der Waals surface area contributed by atoms with Crippen LogP contribution >= 0.6 is 11.6 Å². The van der Waals surface area contributed by atoms with E-state index in [4.69, 9.17) is 16.3 Å². The molecule has 0 spiro atoms. The maximum Gasteiger partial charge on any atom is 0.123 e. The predicted octanol–water partition coefficient (Wildman–Crippen LogP) is 2.90. The Morgan fingerprint density at radius 1 is 1.26 bits per heavy atom. The van der Waals surface area contributed by atoms with Crippen LogP contribution in [0.1, 0.15) is 11.1 Å². The van der Waals surface area contributed by atoms with E-state index in [-0.39, 0.29) is 12.2 Å². The van der Waals surface area contributed by atoms with Crippen molar-refractivity contribution in [2.75, 3.05) is 19.7 Å². The fourth-order valence-electron chi connectivity index (χ4n) is 2.96. The average Bonchev–Trinajstić information content (AvgIpc) is 2.58. The summed E-state index contributed by atoms with van der Waals surface area (Å²) in [5, 5.41) is 15.2. The summed E-state index contributed by atoms with van der Waals surface area (Å²) in [5.41, 5.74) is -0.0678. The Morgan fingerprint density at radius 2 is 2.09 bits per heavy atom. The first kappa shape index (κ1) is 16.4. The van der Waals surface area contributed by atoms with E-state index in [0.29, 0.717) is 23.7 Å². The lowest BCUT2D eigenvalue weighted by atomic mass is 9.82. The van der Waals surface area contributed by atoms with E-state index in [1.165, 1.54) is 12.1 Å². The third-order valence-corrected chi connectivity index (χ3v) is 4.57. The van der Waals surface area contributed by atoms with Gasteiger partial charge in [-0.25, -0.2) is 4.39 Å². The van der Waals surface area contributed by atoms with Crippen LogP contribution in [-0.2, 0) is 16.8 Å². The van der Waals surface area contributed by atoms with Gasteiger partial charge in [0, 0.05) is 24.5 Å². The standard InChI is InChI=1S/C18H19ClFNO2/c19-16-7-2-1-4-13(16)11-18(22,17-12-21-8-9-23-17)14-5-3-6-15(20)10-14/h1-7,10,17,21-22H,8-9,11-12H2/t17-,18+/m1/s1. The summed E-state index contributed by atoms with van der Waals surface area (Å²) in [4.78, 5) is 0. The van der Waals surface area contributed by atoms with Gasteiger partial charge in [0.25, 0.3) is 0 Å². The van der Waals surface area contributed by atoms with E-state index in [9.17, 15) is 9.50 Å². The quantitative estimate of drug-likeness (QED) is 0.902. The lowest BCUT2D eigenvalue weighted by molar-refractivity contribution is -0.124. The van der Waals surface area contributed by atoms with Crippen LogP contribution in [0.3, 0.4) is 0 Å². The molecule has 0 radical (unpaired) electrons. The minimum Gasteiger partial charge on any atom is -0.382 e. The minimum atomic E-state index is -1.36. The van der Waals surface area contributed by atoms with E-state index >= 15 is 0 Å². The van der Waals surface area contributed by atoms with Gasteiger partial charge in [0.15, 0.2) is 0 Å². The van der Waals surface area contributed by atoms with Crippen LogP contribution < -0.4 is 5.32 Å². The Morgan fingerprint density at radius 3 is 2.78 bits per heavy atom. The number of morpholine rings is 1. The van der Waals surface area contributed by atoms with Gasteiger partial charge < -0.3 is 15.2 Å². The number of ether oxygens (including phenoxy) is 1. The van der Waals surface area contributed by atoms with Crippen LogP contribution in [0.15, 0.2) is 48.5 Å². The molecule has 0 aromatic heterocycles. The molecule has 3 nitrogen and oxygen atoms in total. The molecule has 1 fully saturated rings. The number of rotatable bonds is 4. The molecule has 3 rings (SSSR count). The molecule has 0 saturated carbocycles. The number of aliphatic hydroxyl groups is 1. The Kier molecular flexibility index (Phi) is 4.97. The molecule has 1 aliphatic rings. The van der Waals surface area contributed by atoms with E-state index in [2.05, 4.69) is 5.32 Å². The third-order valence-electron chi connectivity index (χ3n) is 4.20. The zero-order chi connectivity index (χ0) is 16.3. The summed E-state index contributed by atoms with van der Waals surface area (Å²) >= 11 is 6.25. The van der Waals surface area contributed by atoms with Gasteiger partial charge in [0.1, 0.15) is 17.5 Å². The Bertz CT molecular complexity index is 676. The van der Waals surface area contributed by atoms with Crippen molar-refractivity contribution >= 4 is 11.6 Å². The molecule has 0 amide bonds. The second-order valence-corrected chi connectivity index (χ2v) is 6.17. The zero-order valence-electron chi connectivity index (χ0n) is 12.6. The molecule has 1 saturated heterocycles. The van der Waals surface area contributed by atoms with Crippen molar-refractivity contribution in [3.63, 3.8) is 0 Å². The van der Waals surface area contributed by atoms with E-state index in [0.717, 1.165) is 12.1 Å². The van der Waals surface area contributed by atoms with Gasteiger partial charge in [-0.15, -0.1) is 0 Å². The molecule has 122 valence electrons. The Labute approximate surface area is 140 Å². The monoisotopic (exact) mass is 335 g/mol. The van der Waals surface area contributed by atoms with Crippen LogP contribution in [0.4, 0.5) is 4.39 Å². The topological polar surface area (TPSA) is 41.5 Å². The minimum absolute atomic E-state index is 0.252. The lowest BCUT2D eigenvalue weighted by Crippen LogP contribution is -2.52. The normalized spacial score (nSPS) is 20.9. The second kappa shape index (κ2) is 6.97. The molecule has 2 N–H and O–H groups in total. The van der Waals surface area contributed by atoms with Crippen LogP contribution in [0.25, 0.3) is 0 Å². The number of hydrogen-bond donors (Lipinski definition) is 2. The molecule has 0 unspecified atom stereocenters. The highest BCUT2D eigenvalue weighted by Gasteiger charge is 2.41. The van der Waals surface area contributed by atoms with Crippen molar-refractivity contribution in [2.24, 2.45) is 0 Å². The molecule has 1 heterocycles. The highest BCUT2D eigenvalue weighted by molar-refractivity contribution is 6.31. The molecule has 2 aromatic rings. The van der Waals surface area contributed by atoms with Gasteiger partial charge in [-0.3, -0.25) is 0 Å². The summed E-state index contributed by atoms with van der Waals surface area (Å²) < 4.78 is 19.5. The van der Waals surface area contributed by atoms with Crippen LogP contribution in [0.2, 0.25) is 5.02 Å². The number of halogens is 2. The molecule has 0 aliphatic carbocycles. The highest BCUT2D eigenvalue weighted by atomic mass is 35.5. The SMILES string of the molecule is O[C@@](Cc1ccccc1Cl)(c1cccc(F)c1)[C@H]1CNCCO1. The second-order valence-electron chi connectivity index (χ2n) is 5.77. The van der Waals surface area contributed by atoms with Gasteiger partial charge in [0.2, 0.25) is 0 Å². The first-order valence-electron chi connectivity index (χ1n) is 7.64. The number of nitrogens with one attached hydrogen (secondary N) is 1. The van der Waals surface area contributed by atoms with E-state index in [1.807, 2.05) is 18.2 Å². The van der Waals surface area contributed by atoms with Gasteiger partial charge in [-0.1, -0.05) is 41.9 Å². The van der Waals surface area contributed by atoms with Crippen molar-refractivity contribution in [3.05, 3.63) is 70.5 Å². The fraction of sp³-hybridized carbons (Fsp3) is 0.333. The van der Waals surface area contributed by atoms with Crippen LogP contribution in [-0.4, -0.2) is 30.9 Å². The summed E-state index contributed by atoms with van der Waals surface area (Å²) in [7, 11) is 0. The smallest absolute Gasteiger partial charge is 0.123 e. The van der Waals surface area contributed by atoms with Crippen molar-refractivity contribution in [2.45, 2.75) is 18.1 Å². The third kappa shape index (κ3) is 3.56. The van der Waals surface area contributed by atoms with Crippen LogP contribution in [0, 0.1) is 5.82 Å². The number of benzene rings is 2. The van der Waals surface area contributed by atoms with Crippen molar-refractivity contribution in [1.29, 1.82) is 0 Å². The zero-order valence-corrected chi connectivity index (χ0v) is 13.4. The largest absolute Gasteiger partial charge is 0.382 e. The fourth-order valence-corrected chi connectivity index (χ4v) is 3.17. The molecule has 23 heavy (non-hydrogen) atoms. The summed E-state index contributed by atoms with van der Waals surface area (Å²) in [6.07, 6.45) is -0.225. The van der Waals surface area contributed by atoms with E-state index < -0.39 is 11.7 Å². The average molecular weight is 336 g/mol. The summed E-state index contributed by atoms with van der Waals surface area (Å²) in [5.74, 6) is -0.385. The predicted molar refractivity (Wildman–Crippen MR) is 88.1 cm³/mol. The van der Waals surface area contributed by atoms with Gasteiger partial charge >= 0.3 is 0 Å². The van der Waals surface area contributed by atoms with Crippen molar-refractivity contribution in [3.8, 4) is 0 Å². The Balaban J connectivity index is 2.00. The molecule has 2 aromatic carbocycles. The maximum atomic E-state index is 13.7. The molecular formula is C18H19ClFNO2. The van der Waals surface area contributed by atoms with E-state index in [1.54, 1.807) is 18.2 Å². The first-order chi connectivity index (χ1) is 11.1. The summed E-state index contributed by atoms with van der Waals surface area (Å²) in [6, 6.07) is 13.4. The van der Waals surface area contributed by atoms with Gasteiger partial charge in [-0.05, 0) is 29.3 Å². The van der Waals surface area contributed by atoms with Crippen molar-refractivity contribution in [1.82, 2.24) is 5.32 Å². The lowest BCUT2D eigenvalue weighted by Gasteiger charge is -2.39. The first-order valence-corrected chi connectivity index (χ1v) is 8.01. The maximum absolute atomic E-state index is 13.7. The van der Waals surface area contributed by atoms with Crippen LogP contribution in [0.5, 0.6) is 0 Å². The molecular weight excluding hydrogens is 317 g/mol. The molecule has 0 bridgehead atoms. The van der Waals surface area contributed by atoms with Crippen molar-refractivity contribution < 1.29 is 14.2 Å². The molecule has 1 aliphatic heterocycles. The molecule has 2 atom stereocenters.